The highest BCUT2D eigenvalue weighted by atomic mass is 32.1. The summed E-state index contributed by atoms with van der Waals surface area (Å²) in [6, 6.07) is 10.6. The monoisotopic (exact) mass is 515 g/mol. The van der Waals surface area contributed by atoms with Gasteiger partial charge in [0.2, 0.25) is 5.95 Å². The van der Waals surface area contributed by atoms with Crippen LogP contribution in [0.1, 0.15) is 44.3 Å². The van der Waals surface area contributed by atoms with Crippen molar-refractivity contribution in [3.8, 4) is 10.6 Å². The van der Waals surface area contributed by atoms with Gasteiger partial charge < -0.3 is 15.1 Å². The molecule has 1 saturated carbocycles. The van der Waals surface area contributed by atoms with Gasteiger partial charge in [0.1, 0.15) is 10.7 Å². The molecule has 2 fully saturated rings. The lowest BCUT2D eigenvalue weighted by molar-refractivity contribution is 0.271. The maximum Gasteiger partial charge on any atom is 0.262 e. The number of pyridine rings is 1. The average molecular weight is 516 g/mol. The first-order valence-corrected chi connectivity index (χ1v) is 14.2. The summed E-state index contributed by atoms with van der Waals surface area (Å²) in [6.45, 7) is 9.64. The zero-order valence-electron chi connectivity index (χ0n) is 21.5. The number of rotatable bonds is 6. The van der Waals surface area contributed by atoms with Gasteiger partial charge in [-0.1, -0.05) is 19.8 Å². The van der Waals surface area contributed by atoms with Crippen molar-refractivity contribution in [2.24, 2.45) is 0 Å². The number of aromatic nitrogens is 4. The van der Waals surface area contributed by atoms with E-state index in [1.165, 1.54) is 17.0 Å². The zero-order valence-corrected chi connectivity index (χ0v) is 22.3. The van der Waals surface area contributed by atoms with Crippen molar-refractivity contribution in [2.45, 2.75) is 45.6 Å². The number of likely N-dealkylation sites (N-methyl/N-ethyl adjacent to an activating group) is 1. The molecule has 1 aliphatic heterocycles. The molecule has 0 bridgehead atoms. The van der Waals surface area contributed by atoms with Gasteiger partial charge in [0.15, 0.2) is 0 Å². The molecular weight excluding hydrogens is 482 g/mol. The first-order valence-electron chi connectivity index (χ1n) is 13.3. The van der Waals surface area contributed by atoms with Gasteiger partial charge in [-0.3, -0.25) is 9.36 Å². The first-order chi connectivity index (χ1) is 18.1. The Bertz CT molecular complexity index is 1430. The summed E-state index contributed by atoms with van der Waals surface area (Å²) in [7, 11) is 0. The van der Waals surface area contributed by atoms with E-state index in [1.54, 1.807) is 6.20 Å². The second kappa shape index (κ2) is 10.2. The van der Waals surface area contributed by atoms with Crippen LogP contribution in [-0.2, 0) is 0 Å². The molecule has 4 heterocycles. The van der Waals surface area contributed by atoms with Crippen molar-refractivity contribution in [1.82, 2.24) is 24.4 Å². The molecule has 6 rings (SSSR count). The topological polar surface area (TPSA) is 79.2 Å². The Balaban J connectivity index is 1.33. The summed E-state index contributed by atoms with van der Waals surface area (Å²) < 4.78 is 1.91. The van der Waals surface area contributed by atoms with E-state index in [1.807, 2.05) is 22.9 Å². The predicted octanol–water partition coefficient (Wildman–Crippen LogP) is 5.22. The minimum Gasteiger partial charge on any atom is -0.369 e. The molecule has 1 saturated heterocycles. The van der Waals surface area contributed by atoms with E-state index in [-0.39, 0.29) is 11.6 Å². The highest BCUT2D eigenvalue weighted by molar-refractivity contribution is 7.13. The number of piperazine rings is 1. The highest BCUT2D eigenvalue weighted by Crippen LogP contribution is 2.33. The smallest absolute Gasteiger partial charge is 0.262 e. The van der Waals surface area contributed by atoms with Crippen LogP contribution in [0.5, 0.6) is 0 Å². The molecule has 0 atom stereocenters. The number of nitrogens with one attached hydrogen (secondary N) is 1. The molecule has 0 unspecified atom stereocenters. The van der Waals surface area contributed by atoms with Crippen LogP contribution in [0.2, 0.25) is 0 Å². The Labute approximate surface area is 221 Å². The normalized spacial score (nSPS) is 17.1. The summed E-state index contributed by atoms with van der Waals surface area (Å²) >= 11 is 1.49. The van der Waals surface area contributed by atoms with Crippen molar-refractivity contribution >= 4 is 39.7 Å². The Kier molecular flexibility index (Phi) is 6.65. The number of aryl methyl sites for hydroxylation is 1. The fourth-order valence-corrected chi connectivity index (χ4v) is 6.27. The van der Waals surface area contributed by atoms with Crippen molar-refractivity contribution < 1.29 is 0 Å². The molecule has 0 radical (unpaired) electrons. The largest absolute Gasteiger partial charge is 0.369 e. The lowest BCUT2D eigenvalue weighted by Gasteiger charge is -2.35. The van der Waals surface area contributed by atoms with Gasteiger partial charge in [0.05, 0.1) is 11.3 Å². The number of anilines is 3. The molecule has 37 heavy (non-hydrogen) atoms. The standard InChI is InChI=1S/C28H33N7OS/c1-3-33-13-15-34(16-14-33)21-10-8-20(9-11-21)31-28-30-19(2)23-18-24(26-29-12-17-37-26)27(36)35(25(23)32-28)22-6-4-5-7-22/h8-12,17-18,22H,3-7,13-16H2,1-2H3,(H,30,31,32). The molecule has 192 valence electrons. The van der Waals surface area contributed by atoms with Gasteiger partial charge in [-0.15, -0.1) is 11.3 Å². The molecule has 0 spiro atoms. The second-order valence-electron chi connectivity index (χ2n) is 9.97. The summed E-state index contributed by atoms with van der Waals surface area (Å²) in [6.07, 6.45) is 6.01. The fourth-order valence-electron chi connectivity index (χ4n) is 5.62. The fraction of sp³-hybridized carbons (Fsp3) is 0.429. The molecule has 1 N–H and O–H groups in total. The van der Waals surface area contributed by atoms with Crippen LogP contribution >= 0.6 is 11.3 Å². The van der Waals surface area contributed by atoms with Crippen LogP contribution in [0.25, 0.3) is 21.6 Å². The van der Waals surface area contributed by atoms with Gasteiger partial charge in [-0.2, -0.15) is 4.98 Å². The Hall–Kier alpha value is -3.30. The van der Waals surface area contributed by atoms with Gasteiger partial charge in [0, 0.05) is 60.6 Å². The number of fused-ring (bicyclic) bond motifs is 1. The van der Waals surface area contributed by atoms with Crippen LogP contribution in [0.15, 0.2) is 46.7 Å². The van der Waals surface area contributed by atoms with Crippen LogP contribution in [-0.4, -0.2) is 57.1 Å². The van der Waals surface area contributed by atoms with E-state index < -0.39 is 0 Å². The van der Waals surface area contributed by atoms with Crippen molar-refractivity contribution in [1.29, 1.82) is 0 Å². The van der Waals surface area contributed by atoms with Crippen LogP contribution in [0.3, 0.4) is 0 Å². The van der Waals surface area contributed by atoms with Crippen LogP contribution in [0, 0.1) is 6.92 Å². The molecule has 1 aromatic carbocycles. The highest BCUT2D eigenvalue weighted by Gasteiger charge is 2.25. The molecule has 0 amide bonds. The Morgan fingerprint density at radius 2 is 1.81 bits per heavy atom. The van der Waals surface area contributed by atoms with Gasteiger partial charge >= 0.3 is 0 Å². The number of benzene rings is 1. The van der Waals surface area contributed by atoms with E-state index in [2.05, 4.69) is 51.3 Å². The van der Waals surface area contributed by atoms with E-state index in [4.69, 9.17) is 9.97 Å². The molecular formula is C28H33N7OS. The third-order valence-electron chi connectivity index (χ3n) is 7.74. The quantitative estimate of drug-likeness (QED) is 0.377. The second-order valence-corrected chi connectivity index (χ2v) is 10.9. The van der Waals surface area contributed by atoms with Crippen molar-refractivity contribution in [3.05, 3.63) is 58.0 Å². The summed E-state index contributed by atoms with van der Waals surface area (Å²) in [5.74, 6) is 0.516. The zero-order chi connectivity index (χ0) is 25.4. The Morgan fingerprint density at radius 3 is 2.49 bits per heavy atom. The van der Waals surface area contributed by atoms with Crippen LogP contribution in [0.4, 0.5) is 17.3 Å². The van der Waals surface area contributed by atoms with Gasteiger partial charge in [-0.25, -0.2) is 9.97 Å². The molecule has 3 aromatic heterocycles. The van der Waals surface area contributed by atoms with Gasteiger partial charge in [0.25, 0.3) is 5.56 Å². The van der Waals surface area contributed by atoms with E-state index >= 15 is 0 Å². The first kappa shape index (κ1) is 24.1. The average Bonchev–Trinajstić information content (AvgIpc) is 3.64. The Morgan fingerprint density at radius 1 is 1.05 bits per heavy atom. The minimum atomic E-state index is -0.00840. The molecule has 1 aliphatic carbocycles. The predicted molar refractivity (Wildman–Crippen MR) is 151 cm³/mol. The van der Waals surface area contributed by atoms with Gasteiger partial charge in [-0.05, 0) is 56.6 Å². The maximum absolute atomic E-state index is 13.7. The van der Waals surface area contributed by atoms with Crippen LogP contribution < -0.4 is 15.8 Å². The molecule has 9 heteroatoms. The lowest BCUT2D eigenvalue weighted by Crippen LogP contribution is -2.46. The van der Waals surface area contributed by atoms with Crippen molar-refractivity contribution in [3.63, 3.8) is 0 Å². The summed E-state index contributed by atoms with van der Waals surface area (Å²) in [5, 5.41) is 6.95. The number of hydrogen-bond donors (Lipinski definition) is 1. The molecule has 4 aromatic rings. The minimum absolute atomic E-state index is 0.00840. The van der Waals surface area contributed by atoms with E-state index in [0.29, 0.717) is 17.2 Å². The third-order valence-corrected chi connectivity index (χ3v) is 8.55. The van der Waals surface area contributed by atoms with E-state index in [9.17, 15) is 4.79 Å². The summed E-state index contributed by atoms with van der Waals surface area (Å²) in [4.78, 5) is 32.7. The summed E-state index contributed by atoms with van der Waals surface area (Å²) in [5.41, 5.74) is 4.36. The maximum atomic E-state index is 13.7. The van der Waals surface area contributed by atoms with Crippen molar-refractivity contribution in [2.75, 3.05) is 42.9 Å². The number of nitrogens with zero attached hydrogens (tertiary/aromatic N) is 6. The number of hydrogen-bond acceptors (Lipinski definition) is 8. The molecule has 8 nitrogen and oxygen atoms in total. The molecule has 2 aliphatic rings. The third kappa shape index (κ3) is 4.73. The van der Waals surface area contributed by atoms with E-state index in [0.717, 1.165) is 80.2 Å². The number of thiazole rings is 1. The SMILES string of the molecule is CCN1CCN(c2ccc(Nc3nc(C)c4cc(-c5nccs5)c(=O)n(C5CCCC5)c4n3)cc2)CC1. The lowest BCUT2D eigenvalue weighted by atomic mass is 10.1.